The van der Waals surface area contributed by atoms with Crippen LogP contribution in [0.25, 0.3) is 10.9 Å². The molecule has 1 saturated heterocycles. The van der Waals surface area contributed by atoms with Gasteiger partial charge in [0.25, 0.3) is 5.91 Å². The fraction of sp³-hybridized carbons (Fsp3) is 0.500. The molecule has 3 rings (SSSR count). The average molecular weight is 332 g/mol. The van der Waals surface area contributed by atoms with Crippen LogP contribution >= 0.6 is 0 Å². The second-order valence-corrected chi connectivity index (χ2v) is 6.18. The lowest BCUT2D eigenvalue weighted by molar-refractivity contribution is -0.0737. The van der Waals surface area contributed by atoms with Gasteiger partial charge in [-0.1, -0.05) is 12.1 Å². The van der Waals surface area contributed by atoms with Gasteiger partial charge in [-0.25, -0.2) is 0 Å². The van der Waals surface area contributed by atoms with E-state index in [1.807, 2.05) is 32.0 Å². The van der Waals surface area contributed by atoms with E-state index in [9.17, 15) is 4.79 Å². The van der Waals surface area contributed by atoms with Gasteiger partial charge < -0.3 is 24.9 Å². The van der Waals surface area contributed by atoms with Gasteiger partial charge in [0.2, 0.25) is 0 Å². The second kappa shape index (κ2) is 7.34. The van der Waals surface area contributed by atoms with Gasteiger partial charge in [-0.15, -0.1) is 0 Å². The molecule has 1 aromatic carbocycles. The lowest BCUT2D eigenvalue weighted by Crippen LogP contribution is -2.50. The first-order chi connectivity index (χ1) is 11.6. The van der Waals surface area contributed by atoms with Crippen molar-refractivity contribution in [2.24, 2.45) is 0 Å². The summed E-state index contributed by atoms with van der Waals surface area (Å²) in [6, 6.07) is 5.63. The molecule has 6 nitrogen and oxygen atoms in total. The van der Waals surface area contributed by atoms with Gasteiger partial charge in [-0.05, 0) is 31.9 Å². The van der Waals surface area contributed by atoms with Gasteiger partial charge in [0.1, 0.15) is 6.10 Å². The number of amides is 1. The smallest absolute Gasteiger partial charge is 0.253 e. The first-order valence-electron chi connectivity index (χ1n) is 8.30. The molecule has 0 spiro atoms. The molecule has 130 valence electrons. The number of aliphatic hydroxyl groups excluding tert-OH is 1. The van der Waals surface area contributed by atoms with Gasteiger partial charge in [0.05, 0.1) is 36.9 Å². The Labute approximate surface area is 141 Å². The molecule has 6 heteroatoms. The lowest BCUT2D eigenvalue weighted by atomic mass is 10.0. The van der Waals surface area contributed by atoms with E-state index in [4.69, 9.17) is 14.6 Å². The molecule has 0 saturated carbocycles. The Morgan fingerprint density at radius 2 is 2.29 bits per heavy atom. The minimum atomic E-state index is -0.235. The van der Waals surface area contributed by atoms with E-state index in [2.05, 4.69) is 10.3 Å². The fourth-order valence-electron chi connectivity index (χ4n) is 3.16. The molecule has 0 aliphatic carbocycles. The van der Waals surface area contributed by atoms with E-state index in [1.165, 1.54) is 0 Å². The number of fused-ring (bicyclic) bond motifs is 1. The number of aromatic amines is 1. The largest absolute Gasteiger partial charge is 0.394 e. The van der Waals surface area contributed by atoms with Gasteiger partial charge in [0, 0.05) is 17.7 Å². The molecule has 1 aromatic heterocycles. The Morgan fingerprint density at radius 3 is 3.08 bits per heavy atom. The summed E-state index contributed by atoms with van der Waals surface area (Å²) in [5.41, 5.74) is 3.73. The Hall–Kier alpha value is -1.89. The van der Waals surface area contributed by atoms with Gasteiger partial charge >= 0.3 is 0 Å². The Kier molecular flexibility index (Phi) is 5.18. The van der Waals surface area contributed by atoms with Gasteiger partial charge in [-0.2, -0.15) is 0 Å². The molecule has 1 amide bonds. The minimum absolute atomic E-state index is 0.0441. The molecule has 1 aliphatic rings. The van der Waals surface area contributed by atoms with Crippen LogP contribution in [0.1, 0.15) is 28.0 Å². The topological polar surface area (TPSA) is 83.6 Å². The molecule has 0 bridgehead atoms. The summed E-state index contributed by atoms with van der Waals surface area (Å²) < 4.78 is 11.0. The highest BCUT2D eigenvalue weighted by Gasteiger charge is 2.28. The van der Waals surface area contributed by atoms with E-state index in [0.717, 1.165) is 22.2 Å². The van der Waals surface area contributed by atoms with E-state index in [-0.39, 0.29) is 31.3 Å². The quantitative estimate of drug-likeness (QED) is 0.778. The first kappa shape index (κ1) is 17.0. The van der Waals surface area contributed by atoms with Crippen LogP contribution in [0.3, 0.4) is 0 Å². The third-order valence-electron chi connectivity index (χ3n) is 4.63. The van der Waals surface area contributed by atoms with Crippen LogP contribution in [0.5, 0.6) is 0 Å². The Balaban J connectivity index is 1.80. The summed E-state index contributed by atoms with van der Waals surface area (Å²) in [6.07, 6.45) is 0.460. The molecular weight excluding hydrogens is 308 g/mol. The molecule has 24 heavy (non-hydrogen) atoms. The number of hydrogen-bond donors (Lipinski definition) is 3. The number of ether oxygens (including phenoxy) is 2. The number of rotatable bonds is 5. The predicted molar refractivity (Wildman–Crippen MR) is 91.3 cm³/mol. The number of carbonyl (C=O) groups is 1. The van der Waals surface area contributed by atoms with Gasteiger partial charge in [-0.3, -0.25) is 4.79 Å². The van der Waals surface area contributed by atoms with Crippen LogP contribution < -0.4 is 5.32 Å². The SMILES string of the molecule is Cc1[nH]c2c(C(=O)N[C@@H]3CCOC[C@H]3OCCO)cccc2c1C. The first-order valence-corrected chi connectivity index (χ1v) is 8.30. The maximum Gasteiger partial charge on any atom is 0.253 e. The van der Waals surface area contributed by atoms with Gasteiger partial charge in [0.15, 0.2) is 0 Å². The van der Waals surface area contributed by atoms with Crippen LogP contribution in [-0.4, -0.2) is 54.6 Å². The number of para-hydroxylation sites is 1. The predicted octanol–water partition coefficient (Wildman–Crippen LogP) is 1.68. The number of aromatic nitrogens is 1. The number of nitrogens with one attached hydrogen (secondary N) is 2. The number of carbonyl (C=O) groups excluding carboxylic acids is 1. The number of benzene rings is 1. The van der Waals surface area contributed by atoms with Crippen LogP contribution in [-0.2, 0) is 9.47 Å². The van der Waals surface area contributed by atoms with Crippen molar-refractivity contribution in [3.05, 3.63) is 35.0 Å². The maximum atomic E-state index is 12.8. The molecule has 2 aromatic rings. The normalized spacial score (nSPS) is 21.1. The third-order valence-corrected chi connectivity index (χ3v) is 4.63. The molecule has 0 unspecified atom stereocenters. The van der Waals surface area contributed by atoms with Crippen LogP contribution in [0.4, 0.5) is 0 Å². The number of aliphatic hydroxyl groups is 1. The summed E-state index contributed by atoms with van der Waals surface area (Å²) in [6.45, 7) is 5.27. The zero-order chi connectivity index (χ0) is 17.1. The molecule has 3 N–H and O–H groups in total. The van der Waals surface area contributed by atoms with Crippen LogP contribution in [0, 0.1) is 13.8 Å². The van der Waals surface area contributed by atoms with Crippen molar-refractivity contribution in [1.29, 1.82) is 0 Å². The van der Waals surface area contributed by atoms with Crippen molar-refractivity contribution in [3.63, 3.8) is 0 Å². The highest BCUT2D eigenvalue weighted by atomic mass is 16.5. The maximum absolute atomic E-state index is 12.8. The number of H-pyrrole nitrogens is 1. The van der Waals surface area contributed by atoms with Crippen molar-refractivity contribution in [2.75, 3.05) is 26.4 Å². The molecule has 1 aliphatic heterocycles. The monoisotopic (exact) mass is 332 g/mol. The summed E-state index contributed by atoms with van der Waals surface area (Å²) in [5, 5.41) is 13.1. The summed E-state index contributed by atoms with van der Waals surface area (Å²) in [4.78, 5) is 16.1. The van der Waals surface area contributed by atoms with Crippen molar-refractivity contribution in [1.82, 2.24) is 10.3 Å². The summed E-state index contributed by atoms with van der Waals surface area (Å²) in [7, 11) is 0. The number of aryl methyl sites for hydroxylation is 2. The molecule has 2 heterocycles. The Bertz CT molecular complexity index is 725. The molecule has 0 radical (unpaired) electrons. The molecule has 1 fully saturated rings. The van der Waals surface area contributed by atoms with E-state index in [0.29, 0.717) is 25.2 Å². The van der Waals surface area contributed by atoms with E-state index >= 15 is 0 Å². The van der Waals surface area contributed by atoms with Crippen molar-refractivity contribution < 1.29 is 19.4 Å². The Morgan fingerprint density at radius 1 is 1.46 bits per heavy atom. The molecule has 2 atom stereocenters. The van der Waals surface area contributed by atoms with Crippen LogP contribution in [0.2, 0.25) is 0 Å². The van der Waals surface area contributed by atoms with E-state index < -0.39 is 0 Å². The fourth-order valence-corrected chi connectivity index (χ4v) is 3.16. The number of hydrogen-bond acceptors (Lipinski definition) is 4. The molecular formula is C18H24N2O4. The second-order valence-electron chi connectivity index (χ2n) is 6.18. The van der Waals surface area contributed by atoms with E-state index in [1.54, 1.807) is 0 Å². The third kappa shape index (κ3) is 3.31. The minimum Gasteiger partial charge on any atom is -0.394 e. The zero-order valence-corrected chi connectivity index (χ0v) is 14.1. The van der Waals surface area contributed by atoms with Crippen molar-refractivity contribution >= 4 is 16.8 Å². The highest BCUT2D eigenvalue weighted by molar-refractivity contribution is 6.06. The van der Waals surface area contributed by atoms with Crippen molar-refractivity contribution in [3.8, 4) is 0 Å². The lowest BCUT2D eigenvalue weighted by Gasteiger charge is -2.32. The highest BCUT2D eigenvalue weighted by Crippen LogP contribution is 2.24. The zero-order valence-electron chi connectivity index (χ0n) is 14.1. The van der Waals surface area contributed by atoms with Crippen LogP contribution in [0.15, 0.2) is 18.2 Å². The summed E-state index contributed by atoms with van der Waals surface area (Å²) in [5.74, 6) is -0.119. The standard InChI is InChI=1S/C18H24N2O4/c1-11-12(2)19-17-13(11)4-3-5-14(17)18(22)20-15-6-8-23-10-16(15)24-9-7-21/h3-5,15-16,19,21H,6-10H2,1-2H3,(H,20,22)/t15-,16-/m1/s1. The average Bonchev–Trinajstić information content (AvgIpc) is 2.88. The summed E-state index contributed by atoms with van der Waals surface area (Å²) >= 11 is 0. The van der Waals surface area contributed by atoms with Crippen molar-refractivity contribution in [2.45, 2.75) is 32.4 Å².